The number of urea groups is 1. The van der Waals surface area contributed by atoms with Gasteiger partial charge in [0.2, 0.25) is 0 Å². The van der Waals surface area contributed by atoms with Crippen LogP contribution in [-0.4, -0.2) is 40.8 Å². The topological polar surface area (TPSA) is 105 Å². The fraction of sp³-hybridized carbons (Fsp3) is 0.850. The molecule has 2 unspecified atom stereocenters. The molecule has 0 heterocycles. The molecule has 5 aliphatic rings. The molecular formula is C20H30N2O5. The van der Waals surface area contributed by atoms with E-state index in [-0.39, 0.29) is 6.04 Å². The van der Waals surface area contributed by atoms with Gasteiger partial charge in [-0.15, -0.1) is 0 Å². The smallest absolute Gasteiger partial charge is 0.321 e. The lowest BCUT2D eigenvalue weighted by atomic mass is 9.48. The summed E-state index contributed by atoms with van der Waals surface area (Å²) in [6, 6.07) is -0.415. The third kappa shape index (κ3) is 3.71. The van der Waals surface area contributed by atoms with Crippen molar-refractivity contribution in [3.8, 4) is 0 Å². The number of hydrogen-bond acceptors (Lipinski definition) is 5. The zero-order valence-electron chi connectivity index (χ0n) is 16.0. The summed E-state index contributed by atoms with van der Waals surface area (Å²) in [4.78, 5) is 37.1. The second kappa shape index (κ2) is 6.76. The van der Waals surface area contributed by atoms with E-state index in [4.69, 9.17) is 4.74 Å². The quantitative estimate of drug-likeness (QED) is 0.649. The van der Waals surface area contributed by atoms with Gasteiger partial charge in [-0.2, -0.15) is 0 Å². The van der Waals surface area contributed by atoms with Crippen molar-refractivity contribution in [1.29, 1.82) is 0 Å². The van der Waals surface area contributed by atoms with Crippen molar-refractivity contribution in [2.24, 2.45) is 17.3 Å². The molecule has 5 atom stereocenters. The molecule has 4 bridgehead atoms. The Bertz CT molecular complexity index is 628. The third-order valence-electron chi connectivity index (χ3n) is 7.04. The summed E-state index contributed by atoms with van der Waals surface area (Å²) in [6.45, 7) is 1.49. The van der Waals surface area contributed by atoms with E-state index in [0.717, 1.165) is 57.8 Å². The molecule has 5 saturated carbocycles. The van der Waals surface area contributed by atoms with Gasteiger partial charge in [-0.1, -0.05) is 12.8 Å². The Balaban J connectivity index is 1.32. The largest absolute Gasteiger partial charge is 0.452 e. The molecule has 0 aliphatic heterocycles. The molecule has 7 heteroatoms. The van der Waals surface area contributed by atoms with Gasteiger partial charge in [0.1, 0.15) is 0 Å². The standard InChI is InChI=1S/C20H30N2O5/c1-12(16(23)22-18(25)21-15-4-2-3-5-15)27-17(24)19-7-13-6-14(8-19)10-20(26,9-13)11-19/h12-15,26H,2-11H2,1H3,(H2,21,22,23,25)/t12-,13-,14+,19?,20?/m0/s1. The minimum Gasteiger partial charge on any atom is -0.452 e. The van der Waals surface area contributed by atoms with Crippen LogP contribution >= 0.6 is 0 Å². The van der Waals surface area contributed by atoms with E-state index < -0.39 is 35.0 Å². The van der Waals surface area contributed by atoms with Crippen molar-refractivity contribution < 1.29 is 24.2 Å². The van der Waals surface area contributed by atoms with Crippen molar-refractivity contribution in [1.82, 2.24) is 10.6 Å². The van der Waals surface area contributed by atoms with Crippen LogP contribution in [0.1, 0.15) is 71.1 Å². The average molecular weight is 378 g/mol. The Kier molecular flexibility index (Phi) is 4.69. The molecule has 27 heavy (non-hydrogen) atoms. The highest BCUT2D eigenvalue weighted by atomic mass is 16.5. The van der Waals surface area contributed by atoms with Crippen molar-refractivity contribution in [2.75, 3.05) is 0 Å². The molecule has 0 aromatic heterocycles. The van der Waals surface area contributed by atoms with Crippen LogP contribution in [-0.2, 0) is 14.3 Å². The molecule has 3 amide bonds. The molecule has 5 rings (SSSR count). The van der Waals surface area contributed by atoms with Crippen LogP contribution < -0.4 is 10.6 Å². The lowest BCUT2D eigenvalue weighted by Crippen LogP contribution is -2.59. The number of nitrogens with one attached hydrogen (secondary N) is 2. The van der Waals surface area contributed by atoms with Gasteiger partial charge in [-0.25, -0.2) is 4.79 Å². The summed E-state index contributed by atoms with van der Waals surface area (Å²) >= 11 is 0. The Morgan fingerprint density at radius 1 is 1.07 bits per heavy atom. The third-order valence-corrected chi connectivity index (χ3v) is 7.04. The predicted octanol–water partition coefficient (Wildman–Crippen LogP) is 2.02. The maximum Gasteiger partial charge on any atom is 0.321 e. The molecule has 0 spiro atoms. The number of amides is 3. The number of carbonyl (C=O) groups is 3. The first-order chi connectivity index (χ1) is 12.8. The normalized spacial score (nSPS) is 38.4. The van der Waals surface area contributed by atoms with Gasteiger partial charge in [-0.3, -0.25) is 14.9 Å². The fourth-order valence-corrected chi connectivity index (χ4v) is 6.30. The van der Waals surface area contributed by atoms with Crippen LogP contribution in [0, 0.1) is 17.3 Å². The van der Waals surface area contributed by atoms with Gasteiger partial charge in [0, 0.05) is 6.04 Å². The van der Waals surface area contributed by atoms with Crippen LogP contribution in [0.4, 0.5) is 4.79 Å². The summed E-state index contributed by atoms with van der Waals surface area (Å²) in [6.07, 6.45) is 7.53. The molecule has 0 radical (unpaired) electrons. The first-order valence-corrected chi connectivity index (χ1v) is 10.3. The van der Waals surface area contributed by atoms with Crippen molar-refractivity contribution in [2.45, 2.75) is 88.9 Å². The number of ether oxygens (including phenoxy) is 1. The zero-order chi connectivity index (χ0) is 19.2. The van der Waals surface area contributed by atoms with Gasteiger partial charge >= 0.3 is 12.0 Å². The Morgan fingerprint density at radius 2 is 1.70 bits per heavy atom. The summed E-state index contributed by atoms with van der Waals surface area (Å²) in [5, 5.41) is 15.8. The average Bonchev–Trinajstić information content (AvgIpc) is 3.05. The van der Waals surface area contributed by atoms with Gasteiger partial charge in [0.15, 0.2) is 6.10 Å². The van der Waals surface area contributed by atoms with Crippen LogP contribution in [0.25, 0.3) is 0 Å². The molecule has 5 fully saturated rings. The summed E-state index contributed by atoms with van der Waals surface area (Å²) < 4.78 is 5.47. The number of esters is 1. The lowest BCUT2D eigenvalue weighted by molar-refractivity contribution is -0.199. The Morgan fingerprint density at radius 3 is 2.30 bits per heavy atom. The number of hydrogen-bond donors (Lipinski definition) is 3. The molecular weight excluding hydrogens is 348 g/mol. The Hall–Kier alpha value is -1.63. The van der Waals surface area contributed by atoms with Gasteiger partial charge in [0.05, 0.1) is 11.0 Å². The van der Waals surface area contributed by atoms with Crippen LogP contribution in [0.5, 0.6) is 0 Å². The SMILES string of the molecule is C[C@H](OC(=O)C12C[C@@H]3C[C@@H](CC(O)(C3)C1)C2)C(=O)NC(=O)NC1CCCC1. The van der Waals surface area contributed by atoms with E-state index in [1.54, 1.807) is 0 Å². The number of rotatable bonds is 4. The van der Waals surface area contributed by atoms with Gasteiger partial charge in [0.25, 0.3) is 5.91 Å². The van der Waals surface area contributed by atoms with E-state index in [0.29, 0.717) is 18.3 Å². The van der Waals surface area contributed by atoms with Gasteiger partial charge in [-0.05, 0) is 70.1 Å². The van der Waals surface area contributed by atoms with Crippen molar-refractivity contribution in [3.63, 3.8) is 0 Å². The molecule has 3 N–H and O–H groups in total. The minimum atomic E-state index is -1.03. The second-order valence-electron chi connectivity index (χ2n) is 9.46. The monoisotopic (exact) mass is 378 g/mol. The highest BCUT2D eigenvalue weighted by molar-refractivity contribution is 5.97. The maximum absolute atomic E-state index is 12.9. The minimum absolute atomic E-state index is 0.114. The van der Waals surface area contributed by atoms with Crippen LogP contribution in [0.3, 0.4) is 0 Å². The van der Waals surface area contributed by atoms with Crippen molar-refractivity contribution >= 4 is 17.9 Å². The molecule has 7 nitrogen and oxygen atoms in total. The summed E-state index contributed by atoms with van der Waals surface area (Å²) in [7, 11) is 0. The summed E-state index contributed by atoms with van der Waals surface area (Å²) in [5.74, 6) is -0.272. The lowest BCUT2D eigenvalue weighted by Gasteiger charge is -2.58. The van der Waals surface area contributed by atoms with E-state index in [1.165, 1.54) is 6.92 Å². The molecule has 150 valence electrons. The molecule has 0 aromatic carbocycles. The van der Waals surface area contributed by atoms with E-state index in [1.807, 2.05) is 0 Å². The predicted molar refractivity (Wildman–Crippen MR) is 96.5 cm³/mol. The molecule has 5 aliphatic carbocycles. The second-order valence-corrected chi connectivity index (χ2v) is 9.46. The van der Waals surface area contributed by atoms with Crippen LogP contribution in [0.2, 0.25) is 0 Å². The molecule has 0 saturated heterocycles. The van der Waals surface area contributed by atoms with Crippen LogP contribution in [0.15, 0.2) is 0 Å². The van der Waals surface area contributed by atoms with E-state index >= 15 is 0 Å². The zero-order valence-corrected chi connectivity index (χ0v) is 16.0. The highest BCUT2D eigenvalue weighted by Crippen LogP contribution is 2.62. The Labute approximate surface area is 159 Å². The number of aliphatic hydroxyl groups is 1. The summed E-state index contributed by atoms with van der Waals surface area (Å²) in [5.41, 5.74) is -1.42. The number of imide groups is 1. The van der Waals surface area contributed by atoms with Crippen molar-refractivity contribution in [3.05, 3.63) is 0 Å². The van der Waals surface area contributed by atoms with Gasteiger partial charge < -0.3 is 15.2 Å². The van der Waals surface area contributed by atoms with E-state index in [9.17, 15) is 19.5 Å². The molecule has 0 aromatic rings. The first-order valence-electron chi connectivity index (χ1n) is 10.3. The number of carbonyl (C=O) groups excluding carboxylic acids is 3. The van der Waals surface area contributed by atoms with E-state index in [2.05, 4.69) is 10.6 Å². The first kappa shape index (κ1) is 18.7. The highest BCUT2D eigenvalue weighted by Gasteiger charge is 2.61. The fourth-order valence-electron chi connectivity index (χ4n) is 6.30. The maximum atomic E-state index is 12.9.